The Bertz CT molecular complexity index is 733. The predicted octanol–water partition coefficient (Wildman–Crippen LogP) is 2.55. The molecule has 0 bridgehead atoms. The van der Waals surface area contributed by atoms with Crippen molar-refractivity contribution < 1.29 is 23.9 Å². The minimum atomic E-state index is -0.971. The molecule has 0 saturated heterocycles. The number of ketones is 2. The smallest absolute Gasteiger partial charge is 0.375 e. The molecule has 0 aromatic heterocycles. The zero-order chi connectivity index (χ0) is 16.1. The first-order valence-electron chi connectivity index (χ1n) is 6.86. The molecule has 2 aromatic carbocycles. The molecule has 0 aliphatic heterocycles. The number of rotatable bonds is 6. The second-order valence-electron chi connectivity index (χ2n) is 4.67. The summed E-state index contributed by atoms with van der Waals surface area (Å²) in [5.74, 6) is -1.48. The molecular weight excluding hydrogens is 284 g/mol. The van der Waals surface area contributed by atoms with Crippen LogP contribution in [0, 0.1) is 0 Å². The zero-order valence-electron chi connectivity index (χ0n) is 12.4. The summed E-state index contributed by atoms with van der Waals surface area (Å²) in [6.07, 6.45) is -0.486. The van der Waals surface area contributed by atoms with Crippen molar-refractivity contribution in [2.45, 2.75) is 13.3 Å². The molecule has 0 amide bonds. The highest BCUT2D eigenvalue weighted by atomic mass is 16.5. The largest absolute Gasteiger partial charge is 0.497 e. The van der Waals surface area contributed by atoms with E-state index in [0.29, 0.717) is 5.56 Å². The van der Waals surface area contributed by atoms with Crippen LogP contribution in [0.3, 0.4) is 0 Å². The summed E-state index contributed by atoms with van der Waals surface area (Å²) in [7, 11) is 1.58. The Balaban J connectivity index is 2.18. The number of hydrogen-bond donors (Lipinski definition) is 0. The van der Waals surface area contributed by atoms with Crippen LogP contribution in [0.2, 0.25) is 0 Å². The molecule has 0 heterocycles. The fourth-order valence-electron chi connectivity index (χ4n) is 2.06. The van der Waals surface area contributed by atoms with Gasteiger partial charge < -0.3 is 9.47 Å². The number of hydrogen-bond acceptors (Lipinski definition) is 5. The summed E-state index contributed by atoms with van der Waals surface area (Å²) in [6, 6.07) is 10.6. The van der Waals surface area contributed by atoms with E-state index in [1.165, 1.54) is 0 Å². The van der Waals surface area contributed by atoms with E-state index in [-0.39, 0.29) is 6.61 Å². The van der Waals surface area contributed by atoms with Crippen molar-refractivity contribution in [3.8, 4) is 5.75 Å². The molecule has 2 aromatic rings. The number of esters is 1. The van der Waals surface area contributed by atoms with Crippen molar-refractivity contribution in [1.82, 2.24) is 0 Å². The lowest BCUT2D eigenvalue weighted by Gasteiger charge is -2.05. The Morgan fingerprint density at radius 2 is 1.68 bits per heavy atom. The summed E-state index contributed by atoms with van der Waals surface area (Å²) in [4.78, 5) is 34.9. The normalized spacial score (nSPS) is 10.3. The van der Waals surface area contributed by atoms with E-state index in [1.807, 2.05) is 12.1 Å². The maximum atomic E-state index is 12.1. The number of fused-ring (bicyclic) bond motifs is 1. The van der Waals surface area contributed by atoms with Crippen molar-refractivity contribution in [2.24, 2.45) is 0 Å². The van der Waals surface area contributed by atoms with Crippen LogP contribution < -0.4 is 4.74 Å². The van der Waals surface area contributed by atoms with Gasteiger partial charge in [0.05, 0.1) is 20.1 Å². The number of methoxy groups -OCH3 is 1. The Morgan fingerprint density at radius 3 is 2.36 bits per heavy atom. The van der Waals surface area contributed by atoms with E-state index >= 15 is 0 Å². The molecule has 0 fully saturated rings. The first-order chi connectivity index (χ1) is 10.5. The van der Waals surface area contributed by atoms with Crippen LogP contribution in [-0.4, -0.2) is 31.3 Å². The second kappa shape index (κ2) is 6.85. The molecule has 0 atom stereocenters. The van der Waals surface area contributed by atoms with Gasteiger partial charge in [0.1, 0.15) is 5.75 Å². The summed E-state index contributed by atoms with van der Waals surface area (Å²) in [5, 5.41) is 1.78. The number of ether oxygens (including phenoxy) is 2. The van der Waals surface area contributed by atoms with Crippen molar-refractivity contribution in [1.29, 1.82) is 0 Å². The second-order valence-corrected chi connectivity index (χ2v) is 4.67. The average molecular weight is 300 g/mol. The van der Waals surface area contributed by atoms with Crippen molar-refractivity contribution in [3.63, 3.8) is 0 Å². The fraction of sp³-hybridized carbons (Fsp3) is 0.235. The Hall–Kier alpha value is -2.69. The molecule has 22 heavy (non-hydrogen) atoms. The molecule has 0 spiro atoms. The van der Waals surface area contributed by atoms with Crippen LogP contribution >= 0.6 is 0 Å². The molecule has 0 saturated carbocycles. The van der Waals surface area contributed by atoms with Crippen molar-refractivity contribution in [3.05, 3.63) is 42.0 Å². The number of benzene rings is 2. The monoisotopic (exact) mass is 300 g/mol. The molecule has 0 radical (unpaired) electrons. The van der Waals surface area contributed by atoms with E-state index < -0.39 is 24.0 Å². The van der Waals surface area contributed by atoms with Gasteiger partial charge in [-0.1, -0.05) is 18.2 Å². The van der Waals surface area contributed by atoms with E-state index in [9.17, 15) is 14.4 Å². The minimum absolute atomic E-state index is 0.108. The SMILES string of the molecule is CCOC(=O)C(=O)CC(=O)c1ccc2cc(OC)ccc2c1. The number of Topliss-reactive ketones (excluding diaryl/α,β-unsaturated/α-hetero) is 2. The van der Waals surface area contributed by atoms with Crippen LogP contribution in [-0.2, 0) is 14.3 Å². The fourth-order valence-corrected chi connectivity index (χ4v) is 2.06. The quantitative estimate of drug-likeness (QED) is 0.355. The maximum absolute atomic E-state index is 12.1. The van der Waals surface area contributed by atoms with E-state index in [0.717, 1.165) is 16.5 Å². The van der Waals surface area contributed by atoms with Gasteiger partial charge >= 0.3 is 5.97 Å². The number of carbonyl (C=O) groups excluding carboxylic acids is 3. The van der Waals surface area contributed by atoms with Gasteiger partial charge in [0.15, 0.2) is 5.78 Å². The van der Waals surface area contributed by atoms with E-state index in [4.69, 9.17) is 4.74 Å². The van der Waals surface area contributed by atoms with Gasteiger partial charge in [0.2, 0.25) is 5.78 Å². The lowest BCUT2D eigenvalue weighted by molar-refractivity contribution is -0.153. The maximum Gasteiger partial charge on any atom is 0.375 e. The van der Waals surface area contributed by atoms with Crippen LogP contribution in [0.4, 0.5) is 0 Å². The van der Waals surface area contributed by atoms with Gasteiger partial charge in [-0.25, -0.2) is 4.79 Å². The Morgan fingerprint density at radius 1 is 1.00 bits per heavy atom. The standard InChI is InChI=1S/C17H16O5/c1-3-22-17(20)16(19)10-15(18)13-5-4-12-9-14(21-2)7-6-11(12)8-13/h4-9H,3,10H2,1-2H3. The van der Waals surface area contributed by atoms with Gasteiger partial charge in [-0.15, -0.1) is 0 Å². The molecule has 0 N–H and O–H groups in total. The van der Waals surface area contributed by atoms with Crippen LogP contribution in [0.1, 0.15) is 23.7 Å². The van der Waals surface area contributed by atoms with Crippen LogP contribution in [0.15, 0.2) is 36.4 Å². The highest BCUT2D eigenvalue weighted by Gasteiger charge is 2.20. The molecule has 5 nitrogen and oxygen atoms in total. The lowest BCUT2D eigenvalue weighted by atomic mass is 10.0. The van der Waals surface area contributed by atoms with Gasteiger partial charge in [-0.2, -0.15) is 0 Å². The lowest BCUT2D eigenvalue weighted by Crippen LogP contribution is -2.20. The number of carbonyl (C=O) groups is 3. The Kier molecular flexibility index (Phi) is 4.88. The van der Waals surface area contributed by atoms with Gasteiger partial charge in [0, 0.05) is 5.56 Å². The minimum Gasteiger partial charge on any atom is -0.497 e. The van der Waals surface area contributed by atoms with Gasteiger partial charge in [-0.3, -0.25) is 9.59 Å². The summed E-state index contributed by atoms with van der Waals surface area (Å²) < 4.78 is 9.72. The first kappa shape index (κ1) is 15.7. The molecule has 0 aliphatic rings. The molecule has 2 rings (SSSR count). The molecule has 0 aliphatic carbocycles. The van der Waals surface area contributed by atoms with Crippen LogP contribution in [0.5, 0.6) is 5.75 Å². The average Bonchev–Trinajstić information content (AvgIpc) is 2.53. The first-order valence-corrected chi connectivity index (χ1v) is 6.86. The topological polar surface area (TPSA) is 69.7 Å². The molecule has 5 heteroatoms. The molecular formula is C17H16O5. The zero-order valence-corrected chi connectivity index (χ0v) is 12.4. The van der Waals surface area contributed by atoms with E-state index in [2.05, 4.69) is 4.74 Å². The highest BCUT2D eigenvalue weighted by Crippen LogP contribution is 2.22. The van der Waals surface area contributed by atoms with Gasteiger partial charge in [0.25, 0.3) is 0 Å². The highest BCUT2D eigenvalue weighted by molar-refractivity contribution is 6.38. The third kappa shape index (κ3) is 3.49. The third-order valence-electron chi connectivity index (χ3n) is 3.19. The Labute approximate surface area is 127 Å². The summed E-state index contributed by atoms with van der Waals surface area (Å²) in [5.41, 5.74) is 0.385. The summed E-state index contributed by atoms with van der Waals surface area (Å²) in [6.45, 7) is 1.71. The summed E-state index contributed by atoms with van der Waals surface area (Å²) >= 11 is 0. The van der Waals surface area contributed by atoms with Crippen LogP contribution in [0.25, 0.3) is 10.8 Å². The molecule has 0 unspecified atom stereocenters. The van der Waals surface area contributed by atoms with E-state index in [1.54, 1.807) is 38.3 Å². The van der Waals surface area contributed by atoms with Crippen molar-refractivity contribution in [2.75, 3.05) is 13.7 Å². The third-order valence-corrected chi connectivity index (χ3v) is 3.19. The van der Waals surface area contributed by atoms with Gasteiger partial charge in [-0.05, 0) is 35.9 Å². The predicted molar refractivity (Wildman–Crippen MR) is 81.1 cm³/mol. The molecule has 114 valence electrons. The van der Waals surface area contributed by atoms with Crippen molar-refractivity contribution >= 4 is 28.3 Å².